The highest BCUT2D eigenvalue weighted by Crippen LogP contribution is 2.30. The molecule has 1 rings (SSSR count). The summed E-state index contributed by atoms with van der Waals surface area (Å²) in [5, 5.41) is 10.4. The van der Waals surface area contributed by atoms with E-state index in [1.165, 1.54) is 18.6 Å². The SMILES string of the molecule is CCCCSSC1=CC(NCC)=NN(NCC)N1. The first-order chi connectivity index (χ1) is 8.80. The van der Waals surface area contributed by atoms with Gasteiger partial charge in [-0.05, 0) is 24.1 Å². The summed E-state index contributed by atoms with van der Waals surface area (Å²) in [6.07, 6.45) is 4.55. The van der Waals surface area contributed by atoms with Crippen LogP contribution in [-0.2, 0) is 0 Å². The van der Waals surface area contributed by atoms with E-state index in [0.29, 0.717) is 0 Å². The van der Waals surface area contributed by atoms with Crippen LogP contribution in [0.2, 0.25) is 0 Å². The summed E-state index contributed by atoms with van der Waals surface area (Å²) in [5.74, 6) is 2.06. The lowest BCUT2D eigenvalue weighted by molar-refractivity contribution is 0.146. The average molecular weight is 289 g/mol. The molecular formula is C11H23N5S2. The highest BCUT2D eigenvalue weighted by atomic mass is 33.1. The minimum Gasteiger partial charge on any atom is -0.369 e. The van der Waals surface area contributed by atoms with Crippen molar-refractivity contribution in [1.82, 2.24) is 21.4 Å². The molecule has 0 spiro atoms. The van der Waals surface area contributed by atoms with E-state index in [0.717, 1.165) is 24.0 Å². The minimum absolute atomic E-state index is 0.830. The van der Waals surface area contributed by atoms with Crippen LogP contribution in [0, 0.1) is 0 Å². The highest BCUT2D eigenvalue weighted by molar-refractivity contribution is 8.78. The van der Waals surface area contributed by atoms with Crippen LogP contribution < -0.4 is 16.2 Å². The molecule has 0 saturated carbocycles. The summed E-state index contributed by atoms with van der Waals surface area (Å²) in [6.45, 7) is 8.03. The Balaban J connectivity index is 2.47. The lowest BCUT2D eigenvalue weighted by Gasteiger charge is -2.26. The maximum Gasteiger partial charge on any atom is 0.152 e. The summed E-state index contributed by atoms with van der Waals surface area (Å²) in [4.78, 5) is 0. The maximum atomic E-state index is 4.37. The first-order valence-corrected chi connectivity index (χ1v) is 8.75. The Hall–Kier alpha value is -0.530. The van der Waals surface area contributed by atoms with Crippen molar-refractivity contribution in [1.29, 1.82) is 0 Å². The number of rotatable bonds is 8. The zero-order valence-electron chi connectivity index (χ0n) is 11.3. The van der Waals surface area contributed by atoms with Gasteiger partial charge in [0, 0.05) is 24.9 Å². The van der Waals surface area contributed by atoms with Gasteiger partial charge in [-0.1, -0.05) is 31.1 Å². The van der Waals surface area contributed by atoms with E-state index >= 15 is 0 Å². The summed E-state index contributed by atoms with van der Waals surface area (Å²) >= 11 is 0. The molecule has 0 amide bonds. The number of hydrazine groups is 2. The van der Waals surface area contributed by atoms with Crippen molar-refractivity contribution >= 4 is 27.4 Å². The molecule has 0 aliphatic carbocycles. The molecule has 0 bridgehead atoms. The molecule has 1 aliphatic rings. The fraction of sp³-hybridized carbons (Fsp3) is 0.727. The van der Waals surface area contributed by atoms with Crippen molar-refractivity contribution in [2.24, 2.45) is 5.10 Å². The maximum absolute atomic E-state index is 4.37. The Morgan fingerprint density at radius 1 is 1.33 bits per heavy atom. The predicted molar refractivity (Wildman–Crippen MR) is 82.8 cm³/mol. The van der Waals surface area contributed by atoms with Gasteiger partial charge in [-0.15, -0.1) is 10.3 Å². The number of hydrogen-bond acceptors (Lipinski definition) is 7. The second-order valence-corrected chi connectivity index (χ2v) is 6.18. The summed E-state index contributed by atoms with van der Waals surface area (Å²) in [5.41, 5.74) is 6.35. The number of hydrogen-bond donors (Lipinski definition) is 3. The first kappa shape index (κ1) is 15.5. The van der Waals surface area contributed by atoms with Gasteiger partial charge in [0.2, 0.25) is 0 Å². The van der Waals surface area contributed by atoms with Crippen molar-refractivity contribution < 1.29 is 0 Å². The number of nitrogens with zero attached hydrogens (tertiary/aromatic N) is 2. The third-order valence-electron chi connectivity index (χ3n) is 2.09. The fourth-order valence-corrected chi connectivity index (χ4v) is 3.41. The quantitative estimate of drug-likeness (QED) is 0.471. The van der Waals surface area contributed by atoms with E-state index < -0.39 is 0 Å². The predicted octanol–water partition coefficient (Wildman–Crippen LogP) is 2.28. The van der Waals surface area contributed by atoms with Crippen LogP contribution in [0.3, 0.4) is 0 Å². The average Bonchev–Trinajstić information content (AvgIpc) is 2.35. The molecular weight excluding hydrogens is 266 g/mol. The van der Waals surface area contributed by atoms with Crippen LogP contribution in [-0.4, -0.2) is 29.9 Å². The number of unbranched alkanes of at least 4 members (excludes halogenated alkanes) is 1. The molecule has 5 nitrogen and oxygen atoms in total. The normalized spacial score (nSPS) is 14.9. The largest absolute Gasteiger partial charge is 0.369 e. The van der Waals surface area contributed by atoms with Gasteiger partial charge in [-0.3, -0.25) is 5.43 Å². The molecule has 0 atom stereocenters. The molecule has 0 unspecified atom stereocenters. The van der Waals surface area contributed by atoms with Crippen molar-refractivity contribution in [2.75, 3.05) is 18.8 Å². The Morgan fingerprint density at radius 3 is 2.83 bits per heavy atom. The second kappa shape index (κ2) is 9.41. The number of hydrazone groups is 1. The van der Waals surface area contributed by atoms with Crippen molar-refractivity contribution in [3.63, 3.8) is 0 Å². The van der Waals surface area contributed by atoms with E-state index in [2.05, 4.69) is 35.1 Å². The molecule has 0 radical (unpaired) electrons. The molecule has 18 heavy (non-hydrogen) atoms. The smallest absolute Gasteiger partial charge is 0.152 e. The molecule has 104 valence electrons. The van der Waals surface area contributed by atoms with Gasteiger partial charge in [0.15, 0.2) is 5.84 Å². The van der Waals surface area contributed by atoms with Gasteiger partial charge in [0.1, 0.15) is 5.03 Å². The monoisotopic (exact) mass is 289 g/mol. The Kier molecular flexibility index (Phi) is 8.11. The van der Waals surface area contributed by atoms with Gasteiger partial charge in [-0.2, -0.15) is 5.43 Å². The van der Waals surface area contributed by atoms with Crippen LogP contribution in [0.15, 0.2) is 16.2 Å². The third-order valence-corrected chi connectivity index (χ3v) is 4.44. The summed E-state index contributed by atoms with van der Waals surface area (Å²) < 4.78 is 0. The topological polar surface area (TPSA) is 51.7 Å². The van der Waals surface area contributed by atoms with Crippen molar-refractivity contribution in [3.8, 4) is 0 Å². The van der Waals surface area contributed by atoms with Crippen LogP contribution in [0.1, 0.15) is 33.6 Å². The molecule has 0 aromatic carbocycles. The van der Waals surface area contributed by atoms with E-state index in [4.69, 9.17) is 0 Å². The number of nitrogens with one attached hydrogen (secondary N) is 3. The van der Waals surface area contributed by atoms with Gasteiger partial charge in [0.25, 0.3) is 0 Å². The molecule has 1 heterocycles. The second-order valence-electron chi connectivity index (χ2n) is 3.72. The van der Waals surface area contributed by atoms with E-state index in [-0.39, 0.29) is 0 Å². The molecule has 3 N–H and O–H groups in total. The highest BCUT2D eigenvalue weighted by Gasteiger charge is 2.12. The van der Waals surface area contributed by atoms with Gasteiger partial charge in [0.05, 0.1) is 0 Å². The first-order valence-electron chi connectivity index (χ1n) is 6.44. The standard InChI is InChI=1S/C11H23N5S2/c1-4-7-8-17-18-11-9-10(12-5-2)14-16(15-11)13-6-3/h9,13,15H,4-8H2,1-3H3,(H,12,14). The molecule has 0 saturated heterocycles. The zero-order chi connectivity index (χ0) is 13.2. The molecule has 0 aromatic heterocycles. The van der Waals surface area contributed by atoms with Crippen LogP contribution in [0.25, 0.3) is 0 Å². The molecule has 0 aromatic rings. The Morgan fingerprint density at radius 2 is 2.17 bits per heavy atom. The van der Waals surface area contributed by atoms with Crippen LogP contribution >= 0.6 is 21.6 Å². The van der Waals surface area contributed by atoms with Gasteiger partial charge in [-0.25, -0.2) is 0 Å². The van der Waals surface area contributed by atoms with E-state index in [9.17, 15) is 0 Å². The van der Waals surface area contributed by atoms with Crippen LogP contribution in [0.4, 0.5) is 0 Å². The third kappa shape index (κ3) is 5.88. The van der Waals surface area contributed by atoms with Gasteiger partial charge < -0.3 is 5.32 Å². The van der Waals surface area contributed by atoms with E-state index in [1.54, 1.807) is 16.0 Å². The summed E-state index contributed by atoms with van der Waals surface area (Å²) in [7, 11) is 3.63. The Bertz CT molecular complexity index is 293. The molecule has 7 heteroatoms. The van der Waals surface area contributed by atoms with Crippen LogP contribution in [0.5, 0.6) is 0 Å². The zero-order valence-corrected chi connectivity index (χ0v) is 13.0. The lowest BCUT2D eigenvalue weighted by Crippen LogP contribution is -2.47. The lowest BCUT2D eigenvalue weighted by atomic mass is 10.4. The molecule has 0 fully saturated rings. The van der Waals surface area contributed by atoms with Crippen molar-refractivity contribution in [3.05, 3.63) is 11.1 Å². The minimum atomic E-state index is 0.830. The van der Waals surface area contributed by atoms with Gasteiger partial charge >= 0.3 is 0 Å². The number of amidine groups is 1. The van der Waals surface area contributed by atoms with E-state index in [1.807, 2.05) is 23.8 Å². The Labute approximate surface area is 118 Å². The molecule has 1 aliphatic heterocycles. The fourth-order valence-electron chi connectivity index (χ4n) is 1.27. The summed E-state index contributed by atoms with van der Waals surface area (Å²) in [6, 6.07) is 0. The van der Waals surface area contributed by atoms with Crippen molar-refractivity contribution in [2.45, 2.75) is 33.6 Å². The number of likely N-dealkylation sites (N-methyl/N-ethyl adjacent to an activating group) is 1.